The molecule has 0 bridgehead atoms. The Morgan fingerprint density at radius 2 is 1.79 bits per heavy atom. The molecule has 1 aliphatic rings. The Hall–Kier alpha value is -3.92. The molecule has 1 amide bonds. The van der Waals surface area contributed by atoms with Crippen LogP contribution in [0.3, 0.4) is 0 Å². The molecule has 0 radical (unpaired) electrons. The Morgan fingerprint density at radius 3 is 2.52 bits per heavy atom. The minimum Gasteiger partial charge on any atom is -0.476 e. The van der Waals surface area contributed by atoms with E-state index in [1.807, 2.05) is 0 Å². The van der Waals surface area contributed by atoms with Crippen LogP contribution in [-0.4, -0.2) is 31.9 Å². The van der Waals surface area contributed by atoms with Crippen LogP contribution in [0, 0.1) is 17.0 Å². The second kappa shape index (κ2) is 8.91. The van der Waals surface area contributed by atoms with Crippen molar-refractivity contribution < 1.29 is 22.9 Å². The quantitative estimate of drug-likeness (QED) is 0.437. The second-order valence-corrected chi connectivity index (χ2v) is 9.44. The molecule has 1 atom stereocenters. The van der Waals surface area contributed by atoms with Gasteiger partial charge in [-0.05, 0) is 30.7 Å². The van der Waals surface area contributed by atoms with Crippen LogP contribution in [0.15, 0.2) is 72.8 Å². The van der Waals surface area contributed by atoms with Crippen molar-refractivity contribution in [3.05, 3.63) is 94.0 Å². The Kier molecular flexibility index (Phi) is 6.01. The van der Waals surface area contributed by atoms with Crippen molar-refractivity contribution in [2.45, 2.75) is 18.8 Å². The zero-order chi connectivity index (χ0) is 23.6. The molecule has 9 nitrogen and oxygen atoms in total. The lowest BCUT2D eigenvalue weighted by atomic mass is 10.1. The molecule has 0 saturated heterocycles. The van der Waals surface area contributed by atoms with E-state index in [1.165, 1.54) is 23.4 Å². The summed E-state index contributed by atoms with van der Waals surface area (Å²) in [5.74, 6) is -0.579. The Morgan fingerprint density at radius 1 is 1.09 bits per heavy atom. The fourth-order valence-electron chi connectivity index (χ4n) is 3.63. The smallest absolute Gasteiger partial charge is 0.274 e. The normalized spacial score (nSPS) is 15.3. The van der Waals surface area contributed by atoms with E-state index in [0.717, 1.165) is 0 Å². The van der Waals surface area contributed by atoms with Gasteiger partial charge in [-0.1, -0.05) is 48.5 Å². The van der Waals surface area contributed by atoms with E-state index in [2.05, 4.69) is 5.32 Å². The molecule has 3 aromatic carbocycles. The first-order valence-corrected chi connectivity index (χ1v) is 11.7. The van der Waals surface area contributed by atoms with Crippen molar-refractivity contribution in [1.29, 1.82) is 0 Å². The van der Waals surface area contributed by atoms with Crippen molar-refractivity contribution in [3.63, 3.8) is 0 Å². The summed E-state index contributed by atoms with van der Waals surface area (Å²) in [4.78, 5) is 23.7. The van der Waals surface area contributed by atoms with Gasteiger partial charge in [-0.2, -0.15) is 0 Å². The van der Waals surface area contributed by atoms with Gasteiger partial charge in [0.25, 0.3) is 11.6 Å². The third-order valence-corrected chi connectivity index (χ3v) is 7.03. The van der Waals surface area contributed by atoms with Gasteiger partial charge >= 0.3 is 0 Å². The number of carbonyl (C=O) groups is 1. The van der Waals surface area contributed by atoms with Crippen molar-refractivity contribution in [1.82, 2.24) is 0 Å². The summed E-state index contributed by atoms with van der Waals surface area (Å²) < 4.78 is 33.6. The van der Waals surface area contributed by atoms with E-state index in [4.69, 9.17) is 4.74 Å². The number of ether oxygens (including phenoxy) is 1. The lowest BCUT2D eigenvalue weighted by Crippen LogP contribution is -2.49. The second-order valence-electron chi connectivity index (χ2n) is 7.54. The SMILES string of the molecule is Cc1c(NC(=O)[C@H]2CN(S(=O)(=O)Cc3ccccc3)c3ccccc3O2)cccc1[N+](=O)[O-]. The highest BCUT2D eigenvalue weighted by Crippen LogP contribution is 2.36. The molecule has 0 aromatic heterocycles. The molecule has 33 heavy (non-hydrogen) atoms. The number of amides is 1. The van der Waals surface area contributed by atoms with E-state index in [9.17, 15) is 23.3 Å². The number of nitro groups is 1. The molecule has 1 N–H and O–H groups in total. The molecule has 0 spiro atoms. The minimum atomic E-state index is -3.83. The predicted molar refractivity (Wildman–Crippen MR) is 124 cm³/mol. The zero-order valence-corrected chi connectivity index (χ0v) is 18.5. The van der Waals surface area contributed by atoms with Gasteiger partial charge < -0.3 is 10.1 Å². The monoisotopic (exact) mass is 467 g/mol. The fraction of sp³-hybridized carbons (Fsp3) is 0.174. The maximum absolute atomic E-state index is 13.3. The molecule has 10 heteroatoms. The van der Waals surface area contributed by atoms with E-state index in [1.54, 1.807) is 60.7 Å². The number of nitro benzene ring substituents is 1. The van der Waals surface area contributed by atoms with Gasteiger partial charge in [0.05, 0.1) is 34.2 Å². The average molecular weight is 468 g/mol. The van der Waals surface area contributed by atoms with E-state index >= 15 is 0 Å². The number of para-hydroxylation sites is 2. The van der Waals surface area contributed by atoms with Crippen molar-refractivity contribution in [3.8, 4) is 5.75 Å². The Bertz CT molecular complexity index is 1310. The Balaban J connectivity index is 1.62. The number of nitrogens with zero attached hydrogens (tertiary/aromatic N) is 2. The highest BCUT2D eigenvalue weighted by atomic mass is 32.2. The third kappa shape index (κ3) is 4.65. The van der Waals surface area contributed by atoms with E-state index in [0.29, 0.717) is 16.8 Å². The number of sulfonamides is 1. The van der Waals surface area contributed by atoms with Crippen molar-refractivity contribution in [2.24, 2.45) is 0 Å². The van der Waals surface area contributed by atoms with Gasteiger partial charge in [0.2, 0.25) is 10.0 Å². The topological polar surface area (TPSA) is 119 Å². The maximum Gasteiger partial charge on any atom is 0.274 e. The van der Waals surface area contributed by atoms with Gasteiger partial charge in [0.15, 0.2) is 6.10 Å². The minimum absolute atomic E-state index is 0.130. The number of hydrogen-bond acceptors (Lipinski definition) is 6. The number of rotatable bonds is 6. The lowest BCUT2D eigenvalue weighted by Gasteiger charge is -2.34. The zero-order valence-electron chi connectivity index (χ0n) is 17.7. The molecule has 4 rings (SSSR count). The summed E-state index contributed by atoms with van der Waals surface area (Å²) in [6, 6.07) is 19.7. The van der Waals surface area contributed by atoms with Crippen molar-refractivity contribution in [2.75, 3.05) is 16.2 Å². The van der Waals surface area contributed by atoms with Crippen LogP contribution in [0.25, 0.3) is 0 Å². The first kappa shape index (κ1) is 22.3. The summed E-state index contributed by atoms with van der Waals surface area (Å²) in [6.45, 7) is 1.30. The average Bonchev–Trinajstić information content (AvgIpc) is 2.79. The lowest BCUT2D eigenvalue weighted by molar-refractivity contribution is -0.385. The number of anilines is 2. The number of hydrogen-bond donors (Lipinski definition) is 1. The highest BCUT2D eigenvalue weighted by molar-refractivity contribution is 7.92. The van der Waals surface area contributed by atoms with Crippen LogP contribution in [0.5, 0.6) is 5.75 Å². The highest BCUT2D eigenvalue weighted by Gasteiger charge is 2.37. The molecule has 3 aromatic rings. The van der Waals surface area contributed by atoms with Crippen LogP contribution in [0.1, 0.15) is 11.1 Å². The third-order valence-electron chi connectivity index (χ3n) is 5.31. The van der Waals surface area contributed by atoms with Crippen LogP contribution >= 0.6 is 0 Å². The van der Waals surface area contributed by atoms with Crippen LogP contribution in [0.4, 0.5) is 17.1 Å². The van der Waals surface area contributed by atoms with Gasteiger partial charge in [-0.3, -0.25) is 19.2 Å². The molecule has 0 fully saturated rings. The number of carbonyl (C=O) groups excluding carboxylic acids is 1. The molecule has 0 aliphatic carbocycles. The summed E-state index contributed by atoms with van der Waals surface area (Å²) >= 11 is 0. The molecule has 1 aliphatic heterocycles. The van der Waals surface area contributed by atoms with E-state index < -0.39 is 27.0 Å². The summed E-state index contributed by atoms with van der Waals surface area (Å²) in [6.07, 6.45) is -1.15. The molecule has 0 unspecified atom stereocenters. The number of fused-ring (bicyclic) bond motifs is 1. The Labute approximate surface area is 190 Å². The molecule has 1 heterocycles. The van der Waals surface area contributed by atoms with Crippen LogP contribution in [0.2, 0.25) is 0 Å². The van der Waals surface area contributed by atoms with Gasteiger partial charge in [-0.15, -0.1) is 0 Å². The summed E-state index contributed by atoms with van der Waals surface area (Å²) in [5.41, 5.74) is 1.39. The fourth-order valence-corrected chi connectivity index (χ4v) is 5.22. The number of benzene rings is 3. The van der Waals surface area contributed by atoms with Crippen LogP contribution in [-0.2, 0) is 20.6 Å². The molecule has 0 saturated carbocycles. The van der Waals surface area contributed by atoms with E-state index in [-0.39, 0.29) is 29.4 Å². The summed E-state index contributed by atoms with van der Waals surface area (Å²) in [5, 5.41) is 13.8. The largest absolute Gasteiger partial charge is 0.476 e. The molecular formula is C23H21N3O6S. The van der Waals surface area contributed by atoms with Crippen LogP contribution < -0.4 is 14.4 Å². The summed E-state index contributed by atoms with van der Waals surface area (Å²) in [7, 11) is -3.83. The predicted octanol–water partition coefficient (Wildman–Crippen LogP) is 3.64. The van der Waals surface area contributed by atoms with Crippen molar-refractivity contribution >= 4 is 33.0 Å². The van der Waals surface area contributed by atoms with Gasteiger partial charge in [0.1, 0.15) is 5.75 Å². The first-order valence-electron chi connectivity index (χ1n) is 10.1. The van der Waals surface area contributed by atoms with Gasteiger partial charge in [-0.25, -0.2) is 8.42 Å². The number of nitrogens with one attached hydrogen (secondary N) is 1. The molecule has 170 valence electrons. The van der Waals surface area contributed by atoms with Gasteiger partial charge in [0, 0.05) is 6.07 Å². The molecular weight excluding hydrogens is 446 g/mol. The first-order chi connectivity index (χ1) is 15.8. The maximum atomic E-state index is 13.3. The standard InChI is InChI=1S/C23H21N3O6S/c1-16-18(10-7-12-19(16)26(28)29)24-23(27)22-14-25(20-11-5-6-13-21(20)32-22)33(30,31)15-17-8-3-2-4-9-17/h2-13,22H,14-15H2,1H3,(H,24,27)/t22-/m1/s1.